The van der Waals surface area contributed by atoms with Gasteiger partial charge in [0, 0.05) is 13.0 Å². The van der Waals surface area contributed by atoms with Crippen LogP contribution in [0.25, 0.3) is 11.0 Å². The Morgan fingerprint density at radius 1 is 1.00 bits per heavy atom. The molecule has 3 rings (SSSR count). The van der Waals surface area contributed by atoms with Gasteiger partial charge in [0.15, 0.2) is 11.4 Å². The van der Waals surface area contributed by atoms with Crippen LogP contribution in [0, 0.1) is 18.6 Å². The number of amides is 1. The molecule has 0 spiro atoms. The number of rotatable bonds is 12. The maximum atomic E-state index is 13.8. The molecule has 0 fully saturated rings. The molecule has 1 heterocycles. The summed E-state index contributed by atoms with van der Waals surface area (Å²) in [5, 5.41) is 2.77. The van der Waals surface area contributed by atoms with Gasteiger partial charge in [0.05, 0.1) is 30.1 Å². The number of hydrogen-bond donors (Lipinski definition) is 3. The lowest BCUT2D eigenvalue weighted by Crippen LogP contribution is -2.29. The fourth-order valence-electron chi connectivity index (χ4n) is 4.11. The number of aryl methyl sites for hydroxylation is 2. The minimum Gasteiger partial charge on any atom is -0.495 e. The number of methoxy groups -OCH3 is 2. The molecule has 0 atom stereocenters. The van der Waals surface area contributed by atoms with Crippen LogP contribution in [0.1, 0.15) is 36.8 Å². The van der Waals surface area contributed by atoms with Crippen molar-refractivity contribution in [1.29, 1.82) is 0 Å². The second kappa shape index (κ2) is 12.2. The second-order valence-electron chi connectivity index (χ2n) is 8.51. The van der Waals surface area contributed by atoms with Crippen molar-refractivity contribution >= 4 is 45.0 Å². The van der Waals surface area contributed by atoms with Crippen molar-refractivity contribution in [2.75, 3.05) is 27.4 Å². The number of carbonyl (C=O) groups excluding carboxylic acids is 2. The average molecular weight is 550 g/mol. The van der Waals surface area contributed by atoms with Crippen LogP contribution in [0.3, 0.4) is 0 Å². The molecular formula is C25H31N3O7S2. The van der Waals surface area contributed by atoms with Crippen LogP contribution in [0.4, 0.5) is 0 Å². The normalized spacial score (nSPS) is 11.4. The van der Waals surface area contributed by atoms with E-state index < -0.39 is 9.84 Å². The fourth-order valence-corrected chi connectivity index (χ4v) is 6.33. The van der Waals surface area contributed by atoms with Gasteiger partial charge in [-0.1, -0.05) is 6.42 Å². The van der Waals surface area contributed by atoms with E-state index in [0.29, 0.717) is 52.1 Å². The van der Waals surface area contributed by atoms with Crippen LogP contribution in [0.2, 0.25) is 0 Å². The van der Waals surface area contributed by atoms with E-state index in [1.54, 1.807) is 38.1 Å². The lowest BCUT2D eigenvalue weighted by molar-refractivity contribution is -0.140. The molecule has 3 N–H and O–H groups in total. The SMILES string of the molecule is COC(=O)CCCCCNC(=O)COc1cc(C)c(S(=O)(=O)c2c(OC)ccc3[nH]c(=S)[nH]c23)c(C)c1. The van der Waals surface area contributed by atoms with E-state index in [1.165, 1.54) is 14.2 Å². The number of benzene rings is 2. The van der Waals surface area contributed by atoms with Crippen molar-refractivity contribution < 1.29 is 32.2 Å². The summed E-state index contributed by atoms with van der Waals surface area (Å²) < 4.78 is 43.5. The predicted octanol–water partition coefficient (Wildman–Crippen LogP) is 3.91. The number of hydrogen-bond acceptors (Lipinski definition) is 8. The summed E-state index contributed by atoms with van der Waals surface area (Å²) in [7, 11) is -1.25. The number of carbonyl (C=O) groups is 2. The number of H-pyrrole nitrogens is 2. The Kier molecular flexibility index (Phi) is 9.33. The number of aromatic nitrogens is 2. The van der Waals surface area contributed by atoms with Crippen molar-refractivity contribution in [1.82, 2.24) is 15.3 Å². The van der Waals surface area contributed by atoms with Gasteiger partial charge in [-0.2, -0.15) is 0 Å². The number of unbranched alkanes of at least 4 members (excludes halogenated alkanes) is 2. The molecule has 0 unspecified atom stereocenters. The molecule has 0 saturated carbocycles. The van der Waals surface area contributed by atoms with Crippen LogP contribution in [-0.4, -0.2) is 57.6 Å². The van der Waals surface area contributed by atoms with Gasteiger partial charge in [-0.05, 0) is 74.3 Å². The zero-order valence-electron chi connectivity index (χ0n) is 21.2. The Morgan fingerprint density at radius 3 is 2.35 bits per heavy atom. The summed E-state index contributed by atoms with van der Waals surface area (Å²) in [6.45, 7) is 3.61. The molecule has 2 aromatic carbocycles. The van der Waals surface area contributed by atoms with E-state index in [2.05, 4.69) is 20.0 Å². The molecule has 1 amide bonds. The van der Waals surface area contributed by atoms with Gasteiger partial charge < -0.3 is 29.5 Å². The predicted molar refractivity (Wildman–Crippen MR) is 140 cm³/mol. The summed E-state index contributed by atoms with van der Waals surface area (Å²) in [5.41, 5.74) is 1.82. The third kappa shape index (κ3) is 6.69. The van der Waals surface area contributed by atoms with E-state index in [4.69, 9.17) is 21.7 Å². The smallest absolute Gasteiger partial charge is 0.305 e. The lowest BCUT2D eigenvalue weighted by Gasteiger charge is -2.16. The number of aromatic amines is 2. The van der Waals surface area contributed by atoms with Crippen molar-refractivity contribution in [3.05, 3.63) is 40.2 Å². The first kappa shape index (κ1) is 28.2. The van der Waals surface area contributed by atoms with Crippen molar-refractivity contribution in [3.8, 4) is 11.5 Å². The first-order valence-electron chi connectivity index (χ1n) is 11.7. The molecule has 0 aliphatic heterocycles. The Bertz CT molecular complexity index is 1440. The van der Waals surface area contributed by atoms with E-state index in [-0.39, 0.29) is 34.0 Å². The highest BCUT2D eigenvalue weighted by Gasteiger charge is 2.29. The van der Waals surface area contributed by atoms with Crippen LogP contribution in [0.5, 0.6) is 11.5 Å². The quantitative estimate of drug-likeness (QED) is 0.176. The van der Waals surface area contributed by atoms with Crippen molar-refractivity contribution in [3.63, 3.8) is 0 Å². The highest BCUT2D eigenvalue weighted by atomic mass is 32.2. The Labute approximate surface area is 220 Å². The molecule has 1 aromatic heterocycles. The third-order valence-corrected chi connectivity index (χ3v) is 8.11. The Morgan fingerprint density at radius 2 is 1.70 bits per heavy atom. The average Bonchev–Trinajstić information content (AvgIpc) is 3.23. The number of ether oxygens (including phenoxy) is 3. The summed E-state index contributed by atoms with van der Waals surface area (Å²) >= 11 is 5.16. The molecular weight excluding hydrogens is 518 g/mol. The maximum absolute atomic E-state index is 13.8. The van der Waals surface area contributed by atoms with Gasteiger partial charge in [-0.25, -0.2) is 8.42 Å². The first-order valence-corrected chi connectivity index (χ1v) is 13.6. The standard InChI is InChI=1S/C25H31N3O7S2/c1-15-12-17(35-14-20(29)26-11-7-5-6-8-21(30)34-4)13-16(2)23(15)37(31,32)24-19(33-3)10-9-18-22(24)28-25(36)27-18/h9-10,12-13H,5-8,11,14H2,1-4H3,(H,26,29)(H2,27,28,36). The highest BCUT2D eigenvalue weighted by molar-refractivity contribution is 7.92. The van der Waals surface area contributed by atoms with Gasteiger partial charge in [0.1, 0.15) is 16.4 Å². The number of imidazole rings is 1. The molecule has 200 valence electrons. The molecule has 0 aliphatic rings. The van der Waals surface area contributed by atoms with Gasteiger partial charge in [-0.15, -0.1) is 0 Å². The van der Waals surface area contributed by atoms with Crippen molar-refractivity contribution in [2.45, 2.75) is 49.3 Å². The van der Waals surface area contributed by atoms with Gasteiger partial charge >= 0.3 is 5.97 Å². The number of nitrogens with one attached hydrogen (secondary N) is 3. The number of esters is 1. The second-order valence-corrected chi connectivity index (χ2v) is 10.7. The molecule has 37 heavy (non-hydrogen) atoms. The highest BCUT2D eigenvalue weighted by Crippen LogP contribution is 2.38. The third-order valence-electron chi connectivity index (χ3n) is 5.78. The molecule has 0 bridgehead atoms. The zero-order chi connectivity index (χ0) is 27.2. The maximum Gasteiger partial charge on any atom is 0.305 e. The minimum absolute atomic E-state index is 0.00863. The van der Waals surface area contributed by atoms with Gasteiger partial charge in [-0.3, -0.25) is 9.59 Å². The van der Waals surface area contributed by atoms with Crippen LogP contribution in [0.15, 0.2) is 34.1 Å². The van der Waals surface area contributed by atoms with Gasteiger partial charge in [0.25, 0.3) is 5.91 Å². The van der Waals surface area contributed by atoms with Crippen LogP contribution >= 0.6 is 12.2 Å². The first-order chi connectivity index (χ1) is 17.6. The molecule has 3 aromatic rings. The number of sulfone groups is 1. The monoisotopic (exact) mass is 549 g/mol. The molecule has 0 aliphatic carbocycles. The van der Waals surface area contributed by atoms with E-state index in [0.717, 1.165) is 12.8 Å². The summed E-state index contributed by atoms with van der Waals surface area (Å²) in [6.07, 6.45) is 2.58. The fraction of sp³-hybridized carbons (Fsp3) is 0.400. The molecule has 10 nitrogen and oxygen atoms in total. The minimum atomic E-state index is -4.02. The van der Waals surface area contributed by atoms with Gasteiger partial charge in [0.2, 0.25) is 9.84 Å². The lowest BCUT2D eigenvalue weighted by atomic mass is 10.1. The van der Waals surface area contributed by atoms with Crippen LogP contribution in [-0.2, 0) is 24.2 Å². The Hall–Kier alpha value is -3.38. The summed E-state index contributed by atoms with van der Waals surface area (Å²) in [5.74, 6) is 0.0396. The zero-order valence-corrected chi connectivity index (χ0v) is 22.9. The Balaban J connectivity index is 1.70. The molecule has 12 heteroatoms. The molecule has 0 radical (unpaired) electrons. The number of fused-ring (bicyclic) bond motifs is 1. The molecule has 0 saturated heterocycles. The topological polar surface area (TPSA) is 140 Å². The van der Waals surface area contributed by atoms with Crippen LogP contribution < -0.4 is 14.8 Å². The largest absolute Gasteiger partial charge is 0.495 e. The van der Waals surface area contributed by atoms with Crippen molar-refractivity contribution in [2.24, 2.45) is 0 Å². The van der Waals surface area contributed by atoms with E-state index >= 15 is 0 Å². The van der Waals surface area contributed by atoms with E-state index in [1.807, 2.05) is 0 Å². The van der Waals surface area contributed by atoms with E-state index in [9.17, 15) is 18.0 Å². The summed E-state index contributed by atoms with van der Waals surface area (Å²) in [4.78, 5) is 29.2. The summed E-state index contributed by atoms with van der Waals surface area (Å²) in [6, 6.07) is 6.45.